The number of hydrogen-bond acceptors (Lipinski definition) is 3. The predicted molar refractivity (Wildman–Crippen MR) is 71.6 cm³/mol. The first-order chi connectivity index (χ1) is 8.84. The van der Waals surface area contributed by atoms with Gasteiger partial charge in [0.05, 0.1) is 6.04 Å². The molecule has 0 aliphatic carbocycles. The standard InChI is InChI=1S/C14H19N3O/c18-14-13(17-9-7-15-8-10-17)6-5-11-3-1-2-4-12(11)16-14/h1-4,13,15H,5-10H2,(H,16,18). The quantitative estimate of drug-likeness (QED) is 0.771. The summed E-state index contributed by atoms with van der Waals surface area (Å²) in [6.07, 6.45) is 1.90. The topological polar surface area (TPSA) is 44.4 Å². The van der Waals surface area contributed by atoms with Crippen molar-refractivity contribution in [3.63, 3.8) is 0 Å². The molecule has 0 bridgehead atoms. The zero-order valence-corrected chi connectivity index (χ0v) is 10.5. The first-order valence-corrected chi connectivity index (χ1v) is 6.68. The van der Waals surface area contributed by atoms with Crippen molar-refractivity contribution >= 4 is 11.6 Å². The van der Waals surface area contributed by atoms with Crippen molar-refractivity contribution in [3.05, 3.63) is 29.8 Å². The summed E-state index contributed by atoms with van der Waals surface area (Å²) in [5.41, 5.74) is 2.24. The number of fused-ring (bicyclic) bond motifs is 1. The van der Waals surface area contributed by atoms with Crippen LogP contribution in [0.5, 0.6) is 0 Å². The third-order valence-corrected chi connectivity index (χ3v) is 3.86. The highest BCUT2D eigenvalue weighted by molar-refractivity contribution is 5.96. The first kappa shape index (κ1) is 11.7. The molecule has 1 aromatic carbocycles. The molecule has 1 amide bonds. The van der Waals surface area contributed by atoms with Gasteiger partial charge >= 0.3 is 0 Å². The van der Waals surface area contributed by atoms with Gasteiger partial charge in [-0.05, 0) is 24.5 Å². The number of piperazine rings is 1. The molecule has 4 nitrogen and oxygen atoms in total. The van der Waals surface area contributed by atoms with Gasteiger partial charge in [-0.2, -0.15) is 0 Å². The van der Waals surface area contributed by atoms with Crippen LogP contribution in [0.3, 0.4) is 0 Å². The van der Waals surface area contributed by atoms with Crippen molar-refractivity contribution in [3.8, 4) is 0 Å². The van der Waals surface area contributed by atoms with E-state index in [2.05, 4.69) is 21.6 Å². The summed E-state index contributed by atoms with van der Waals surface area (Å²) in [5, 5.41) is 6.40. The van der Waals surface area contributed by atoms with Gasteiger partial charge in [-0.25, -0.2) is 0 Å². The summed E-state index contributed by atoms with van der Waals surface area (Å²) in [5.74, 6) is 0.154. The van der Waals surface area contributed by atoms with E-state index in [4.69, 9.17) is 0 Å². The Morgan fingerprint density at radius 3 is 2.78 bits per heavy atom. The molecule has 0 aromatic heterocycles. The van der Waals surface area contributed by atoms with Gasteiger partial charge in [0.2, 0.25) is 5.91 Å². The van der Waals surface area contributed by atoms with Gasteiger partial charge in [0.25, 0.3) is 0 Å². The zero-order chi connectivity index (χ0) is 12.4. The van der Waals surface area contributed by atoms with E-state index in [-0.39, 0.29) is 11.9 Å². The summed E-state index contributed by atoms with van der Waals surface area (Å²) in [6, 6.07) is 8.14. The van der Waals surface area contributed by atoms with E-state index in [1.54, 1.807) is 0 Å². The highest BCUT2D eigenvalue weighted by Gasteiger charge is 2.29. The van der Waals surface area contributed by atoms with Crippen molar-refractivity contribution in [2.75, 3.05) is 31.5 Å². The lowest BCUT2D eigenvalue weighted by atomic mass is 10.0. The van der Waals surface area contributed by atoms with Crippen LogP contribution in [-0.4, -0.2) is 43.0 Å². The minimum Gasteiger partial charge on any atom is -0.324 e. The molecule has 1 unspecified atom stereocenters. The monoisotopic (exact) mass is 245 g/mol. The Balaban J connectivity index is 1.78. The molecule has 2 aliphatic heterocycles. The molecule has 96 valence electrons. The van der Waals surface area contributed by atoms with Gasteiger partial charge in [0.15, 0.2) is 0 Å². The van der Waals surface area contributed by atoms with E-state index in [0.29, 0.717) is 0 Å². The average Bonchev–Trinajstić information content (AvgIpc) is 2.58. The van der Waals surface area contributed by atoms with Crippen LogP contribution >= 0.6 is 0 Å². The summed E-state index contributed by atoms with van der Waals surface area (Å²) in [4.78, 5) is 14.6. The Morgan fingerprint density at radius 2 is 1.94 bits per heavy atom. The molecule has 0 saturated carbocycles. The van der Waals surface area contributed by atoms with Crippen LogP contribution in [0.25, 0.3) is 0 Å². The van der Waals surface area contributed by atoms with Gasteiger partial charge in [-0.3, -0.25) is 9.69 Å². The van der Waals surface area contributed by atoms with Crippen LogP contribution in [0.15, 0.2) is 24.3 Å². The summed E-state index contributed by atoms with van der Waals surface area (Å²) in [6.45, 7) is 3.90. The van der Waals surface area contributed by atoms with Gasteiger partial charge in [0, 0.05) is 31.9 Å². The molecule has 2 aliphatic rings. The lowest BCUT2D eigenvalue weighted by molar-refractivity contribution is -0.121. The summed E-state index contributed by atoms with van der Waals surface area (Å²) < 4.78 is 0. The lowest BCUT2D eigenvalue weighted by Crippen LogP contribution is -2.52. The predicted octanol–water partition coefficient (Wildman–Crippen LogP) is 0.845. The molecule has 0 radical (unpaired) electrons. The van der Waals surface area contributed by atoms with E-state index in [1.807, 2.05) is 18.2 Å². The summed E-state index contributed by atoms with van der Waals surface area (Å²) >= 11 is 0. The molecule has 2 N–H and O–H groups in total. The molecule has 1 atom stereocenters. The second kappa shape index (κ2) is 5.08. The van der Waals surface area contributed by atoms with Gasteiger partial charge in [-0.15, -0.1) is 0 Å². The van der Waals surface area contributed by atoms with Crippen molar-refractivity contribution in [1.82, 2.24) is 10.2 Å². The molecular weight excluding hydrogens is 226 g/mol. The maximum atomic E-state index is 12.3. The number of benzene rings is 1. The van der Waals surface area contributed by atoms with Crippen LogP contribution in [0, 0.1) is 0 Å². The van der Waals surface area contributed by atoms with E-state index < -0.39 is 0 Å². The van der Waals surface area contributed by atoms with Crippen molar-refractivity contribution in [2.24, 2.45) is 0 Å². The maximum Gasteiger partial charge on any atom is 0.241 e. The number of hydrogen-bond donors (Lipinski definition) is 2. The SMILES string of the molecule is O=C1Nc2ccccc2CCC1N1CCNCC1. The number of anilines is 1. The smallest absolute Gasteiger partial charge is 0.241 e. The average molecular weight is 245 g/mol. The molecule has 3 rings (SSSR count). The highest BCUT2D eigenvalue weighted by atomic mass is 16.2. The van der Waals surface area contributed by atoms with E-state index >= 15 is 0 Å². The minimum atomic E-state index is 0.0273. The van der Waals surface area contributed by atoms with Crippen LogP contribution in [-0.2, 0) is 11.2 Å². The second-order valence-corrected chi connectivity index (χ2v) is 4.99. The lowest BCUT2D eigenvalue weighted by Gasteiger charge is -2.33. The normalized spacial score (nSPS) is 25.1. The molecular formula is C14H19N3O. The highest BCUT2D eigenvalue weighted by Crippen LogP contribution is 2.23. The minimum absolute atomic E-state index is 0.0273. The van der Waals surface area contributed by atoms with E-state index in [1.165, 1.54) is 5.56 Å². The Kier molecular flexibility index (Phi) is 3.30. The second-order valence-electron chi connectivity index (χ2n) is 4.99. The third-order valence-electron chi connectivity index (χ3n) is 3.86. The van der Waals surface area contributed by atoms with Crippen LogP contribution in [0.4, 0.5) is 5.69 Å². The molecule has 2 heterocycles. The largest absolute Gasteiger partial charge is 0.324 e. The zero-order valence-electron chi connectivity index (χ0n) is 10.5. The number of para-hydroxylation sites is 1. The molecule has 4 heteroatoms. The number of carbonyl (C=O) groups excluding carboxylic acids is 1. The number of nitrogens with one attached hydrogen (secondary N) is 2. The van der Waals surface area contributed by atoms with Crippen LogP contribution < -0.4 is 10.6 Å². The van der Waals surface area contributed by atoms with E-state index in [0.717, 1.165) is 44.7 Å². The first-order valence-electron chi connectivity index (χ1n) is 6.68. The van der Waals surface area contributed by atoms with E-state index in [9.17, 15) is 4.79 Å². The number of aryl methyl sites for hydroxylation is 1. The van der Waals surface area contributed by atoms with Crippen LogP contribution in [0.2, 0.25) is 0 Å². The fourth-order valence-corrected chi connectivity index (χ4v) is 2.84. The Hall–Kier alpha value is -1.39. The Labute approximate surface area is 107 Å². The number of amides is 1. The number of rotatable bonds is 1. The molecule has 1 aromatic rings. The summed E-state index contributed by atoms with van der Waals surface area (Å²) in [7, 11) is 0. The number of carbonyl (C=O) groups is 1. The van der Waals surface area contributed by atoms with Crippen molar-refractivity contribution in [1.29, 1.82) is 0 Å². The Bertz CT molecular complexity index is 440. The third kappa shape index (κ3) is 2.26. The van der Waals surface area contributed by atoms with Crippen molar-refractivity contribution in [2.45, 2.75) is 18.9 Å². The maximum absolute atomic E-state index is 12.3. The fraction of sp³-hybridized carbons (Fsp3) is 0.500. The van der Waals surface area contributed by atoms with Crippen LogP contribution in [0.1, 0.15) is 12.0 Å². The fourth-order valence-electron chi connectivity index (χ4n) is 2.84. The molecule has 0 spiro atoms. The van der Waals surface area contributed by atoms with Gasteiger partial charge in [-0.1, -0.05) is 18.2 Å². The van der Waals surface area contributed by atoms with Crippen molar-refractivity contribution < 1.29 is 4.79 Å². The van der Waals surface area contributed by atoms with Gasteiger partial charge < -0.3 is 10.6 Å². The molecule has 18 heavy (non-hydrogen) atoms. The molecule has 1 fully saturated rings. The van der Waals surface area contributed by atoms with Gasteiger partial charge in [0.1, 0.15) is 0 Å². The number of nitrogens with zero attached hydrogens (tertiary/aromatic N) is 1. The Morgan fingerprint density at radius 1 is 1.17 bits per heavy atom. The molecule has 1 saturated heterocycles.